The number of benzene rings is 1. The van der Waals surface area contributed by atoms with Crippen molar-refractivity contribution in [1.29, 1.82) is 0 Å². The third kappa shape index (κ3) is 3.70. The smallest absolute Gasteiger partial charge is 0.327 e. The van der Waals surface area contributed by atoms with E-state index < -0.39 is 12.0 Å². The van der Waals surface area contributed by atoms with E-state index in [1.807, 2.05) is 26.0 Å². The van der Waals surface area contributed by atoms with Crippen molar-refractivity contribution in [2.24, 2.45) is 0 Å². The molecule has 0 aliphatic carbocycles. The molecule has 4 nitrogen and oxygen atoms in total. The molecule has 1 N–H and O–H groups in total. The van der Waals surface area contributed by atoms with Crippen molar-refractivity contribution in [2.45, 2.75) is 25.9 Å². The molecule has 0 spiro atoms. The number of halogens is 1. The zero-order chi connectivity index (χ0) is 15.4. The summed E-state index contributed by atoms with van der Waals surface area (Å²) < 4.78 is 23.4. The first-order valence-corrected chi connectivity index (χ1v) is 6.67. The summed E-state index contributed by atoms with van der Waals surface area (Å²) in [5.74, 6) is 0.743. The van der Waals surface area contributed by atoms with E-state index in [-0.39, 0.29) is 11.9 Å². The highest BCUT2D eigenvalue weighted by atomic mass is 19.1. The predicted octanol–water partition coefficient (Wildman–Crippen LogP) is 3.29. The van der Waals surface area contributed by atoms with Gasteiger partial charge in [0.15, 0.2) is 0 Å². The van der Waals surface area contributed by atoms with Crippen molar-refractivity contribution in [3.8, 4) is 0 Å². The fraction of sp³-hybridized carbons (Fsp3) is 0.312. The molecule has 21 heavy (non-hydrogen) atoms. The van der Waals surface area contributed by atoms with Crippen molar-refractivity contribution >= 4 is 5.97 Å². The number of carbonyl (C=O) groups excluding carboxylic acids is 1. The van der Waals surface area contributed by atoms with Crippen molar-refractivity contribution < 1.29 is 18.3 Å². The molecule has 0 unspecified atom stereocenters. The fourth-order valence-corrected chi connectivity index (χ4v) is 2.09. The lowest BCUT2D eigenvalue weighted by atomic mass is 10.1. The van der Waals surface area contributed by atoms with Crippen LogP contribution in [0.25, 0.3) is 0 Å². The lowest BCUT2D eigenvalue weighted by Gasteiger charge is -2.20. The number of nitrogens with one attached hydrogen (secondary N) is 1. The van der Waals surface area contributed by atoms with E-state index in [1.165, 1.54) is 19.2 Å². The second-order valence-electron chi connectivity index (χ2n) is 4.84. The van der Waals surface area contributed by atoms with E-state index in [4.69, 9.17) is 9.15 Å². The minimum atomic E-state index is -0.684. The molecule has 1 aromatic carbocycles. The summed E-state index contributed by atoms with van der Waals surface area (Å²) in [6.07, 6.45) is 0. The largest absolute Gasteiger partial charge is 0.468 e. The number of carbonyl (C=O) groups is 1. The number of esters is 1. The average Bonchev–Trinajstić information content (AvgIpc) is 2.91. The van der Waals surface area contributed by atoms with Crippen LogP contribution in [-0.4, -0.2) is 13.1 Å². The Kier molecular flexibility index (Phi) is 4.75. The lowest BCUT2D eigenvalue weighted by molar-refractivity contribution is -0.143. The van der Waals surface area contributed by atoms with Gasteiger partial charge < -0.3 is 9.15 Å². The fourth-order valence-electron chi connectivity index (χ4n) is 2.09. The van der Waals surface area contributed by atoms with Gasteiger partial charge in [-0.2, -0.15) is 0 Å². The zero-order valence-electron chi connectivity index (χ0n) is 12.2. The number of hydrogen-bond donors (Lipinski definition) is 1. The number of rotatable bonds is 5. The monoisotopic (exact) mass is 291 g/mol. The molecule has 0 radical (unpaired) electrons. The van der Waals surface area contributed by atoms with Gasteiger partial charge in [0.05, 0.1) is 13.2 Å². The highest BCUT2D eigenvalue weighted by molar-refractivity contribution is 5.77. The second kappa shape index (κ2) is 6.54. The molecule has 2 rings (SSSR count). The molecule has 1 heterocycles. The first kappa shape index (κ1) is 15.3. The summed E-state index contributed by atoms with van der Waals surface area (Å²) >= 11 is 0. The molecule has 5 heteroatoms. The lowest BCUT2D eigenvalue weighted by Crippen LogP contribution is -2.31. The van der Waals surface area contributed by atoms with Gasteiger partial charge in [0.1, 0.15) is 23.4 Å². The van der Waals surface area contributed by atoms with Gasteiger partial charge in [0.2, 0.25) is 0 Å². The summed E-state index contributed by atoms with van der Waals surface area (Å²) in [6.45, 7) is 3.74. The van der Waals surface area contributed by atoms with Gasteiger partial charge in [-0.25, -0.2) is 9.18 Å². The van der Waals surface area contributed by atoms with Gasteiger partial charge in [-0.05, 0) is 43.7 Å². The van der Waals surface area contributed by atoms with Crippen LogP contribution >= 0.6 is 0 Å². The Labute approximate surface area is 122 Å². The Morgan fingerprint density at radius 3 is 2.43 bits per heavy atom. The third-order valence-corrected chi connectivity index (χ3v) is 3.24. The van der Waals surface area contributed by atoms with Crippen molar-refractivity contribution in [1.82, 2.24) is 5.32 Å². The van der Waals surface area contributed by atoms with Gasteiger partial charge in [-0.3, -0.25) is 5.32 Å². The van der Waals surface area contributed by atoms with E-state index >= 15 is 0 Å². The van der Waals surface area contributed by atoms with Crippen LogP contribution in [0.4, 0.5) is 4.39 Å². The quantitative estimate of drug-likeness (QED) is 0.859. The van der Waals surface area contributed by atoms with Crippen LogP contribution in [0.5, 0.6) is 0 Å². The SMILES string of the molecule is COC(=O)[C@@H](N[C@H](C)c1ccc(C)o1)c1ccc(F)cc1. The minimum absolute atomic E-state index is 0.187. The molecule has 0 fully saturated rings. The highest BCUT2D eigenvalue weighted by Crippen LogP contribution is 2.22. The Balaban J connectivity index is 2.20. The normalized spacial score (nSPS) is 13.7. The Morgan fingerprint density at radius 1 is 1.24 bits per heavy atom. The summed E-state index contributed by atoms with van der Waals surface area (Å²) in [4.78, 5) is 12.0. The Bertz CT molecular complexity index is 606. The Morgan fingerprint density at radius 2 is 1.90 bits per heavy atom. The van der Waals surface area contributed by atoms with Crippen LogP contribution in [0, 0.1) is 12.7 Å². The van der Waals surface area contributed by atoms with Crippen molar-refractivity contribution in [2.75, 3.05) is 7.11 Å². The molecule has 0 saturated heterocycles. The molecule has 2 aromatic rings. The third-order valence-electron chi connectivity index (χ3n) is 3.24. The van der Waals surface area contributed by atoms with Crippen molar-refractivity contribution in [3.63, 3.8) is 0 Å². The van der Waals surface area contributed by atoms with Crippen LogP contribution in [0.15, 0.2) is 40.8 Å². The number of methoxy groups -OCH3 is 1. The van der Waals surface area contributed by atoms with Gasteiger partial charge in [-0.1, -0.05) is 12.1 Å². The molecule has 1 aromatic heterocycles. The van der Waals surface area contributed by atoms with Gasteiger partial charge in [0.25, 0.3) is 0 Å². The first-order valence-electron chi connectivity index (χ1n) is 6.67. The average molecular weight is 291 g/mol. The Hall–Kier alpha value is -2.14. The predicted molar refractivity (Wildman–Crippen MR) is 76.2 cm³/mol. The molecule has 0 aliphatic rings. The van der Waals surface area contributed by atoms with Crippen LogP contribution in [0.3, 0.4) is 0 Å². The van der Waals surface area contributed by atoms with E-state index in [0.717, 1.165) is 11.5 Å². The van der Waals surface area contributed by atoms with Crippen LogP contribution < -0.4 is 5.32 Å². The summed E-state index contributed by atoms with van der Waals surface area (Å²) in [6, 6.07) is 8.59. The summed E-state index contributed by atoms with van der Waals surface area (Å²) in [5.41, 5.74) is 0.637. The van der Waals surface area contributed by atoms with Gasteiger partial charge in [-0.15, -0.1) is 0 Å². The molecular weight excluding hydrogens is 273 g/mol. The van der Waals surface area contributed by atoms with E-state index in [1.54, 1.807) is 12.1 Å². The molecule has 0 saturated carbocycles. The van der Waals surface area contributed by atoms with Crippen molar-refractivity contribution in [3.05, 3.63) is 59.3 Å². The van der Waals surface area contributed by atoms with Gasteiger partial charge in [0, 0.05) is 0 Å². The summed E-state index contributed by atoms with van der Waals surface area (Å²) in [7, 11) is 1.32. The topological polar surface area (TPSA) is 51.5 Å². The molecule has 112 valence electrons. The van der Waals surface area contributed by atoms with Gasteiger partial charge >= 0.3 is 5.97 Å². The molecular formula is C16H18FNO3. The van der Waals surface area contributed by atoms with Crippen LogP contribution in [-0.2, 0) is 9.53 Å². The number of ether oxygens (including phenoxy) is 1. The highest BCUT2D eigenvalue weighted by Gasteiger charge is 2.24. The van der Waals surface area contributed by atoms with E-state index in [2.05, 4.69) is 5.32 Å². The van der Waals surface area contributed by atoms with E-state index in [0.29, 0.717) is 5.56 Å². The van der Waals surface area contributed by atoms with E-state index in [9.17, 15) is 9.18 Å². The zero-order valence-corrected chi connectivity index (χ0v) is 12.2. The minimum Gasteiger partial charge on any atom is -0.468 e. The first-order chi connectivity index (χ1) is 10.0. The molecule has 0 amide bonds. The molecule has 0 bridgehead atoms. The number of hydrogen-bond acceptors (Lipinski definition) is 4. The van der Waals surface area contributed by atoms with Crippen LogP contribution in [0.1, 0.15) is 36.1 Å². The molecule has 2 atom stereocenters. The standard InChI is InChI=1S/C16H18FNO3/c1-10-4-9-14(21-10)11(2)18-15(16(19)20-3)12-5-7-13(17)8-6-12/h4-9,11,15,18H,1-3H3/t11-,15+/m1/s1. The summed E-state index contributed by atoms with van der Waals surface area (Å²) in [5, 5.41) is 3.14. The molecule has 0 aliphatic heterocycles. The second-order valence-corrected chi connectivity index (χ2v) is 4.84. The number of furan rings is 1. The maximum Gasteiger partial charge on any atom is 0.327 e. The number of aryl methyl sites for hydroxylation is 1. The maximum atomic E-state index is 13.0. The van der Waals surface area contributed by atoms with Crippen LogP contribution in [0.2, 0.25) is 0 Å². The maximum absolute atomic E-state index is 13.0.